The highest BCUT2D eigenvalue weighted by molar-refractivity contribution is 7.89. The fourth-order valence-corrected chi connectivity index (χ4v) is 2.48. The van der Waals surface area contributed by atoms with Crippen molar-refractivity contribution < 1.29 is 8.42 Å². The zero-order valence-corrected chi connectivity index (χ0v) is 10.9. The van der Waals surface area contributed by atoms with Crippen molar-refractivity contribution in [2.75, 3.05) is 18.0 Å². The SMILES string of the molecule is CC(C)N(CCN)c1ccccc1S(N)(=O)=O. The molecule has 0 unspecified atom stereocenters. The predicted molar refractivity (Wildman–Crippen MR) is 69.4 cm³/mol. The summed E-state index contributed by atoms with van der Waals surface area (Å²) in [5, 5.41) is 5.21. The van der Waals surface area contributed by atoms with Crippen molar-refractivity contribution in [1.29, 1.82) is 0 Å². The van der Waals surface area contributed by atoms with Crippen LogP contribution in [0.25, 0.3) is 0 Å². The molecule has 0 aromatic heterocycles. The van der Waals surface area contributed by atoms with E-state index in [-0.39, 0.29) is 10.9 Å². The van der Waals surface area contributed by atoms with Crippen molar-refractivity contribution in [3.63, 3.8) is 0 Å². The number of benzene rings is 1. The zero-order valence-electron chi connectivity index (χ0n) is 10.1. The summed E-state index contributed by atoms with van der Waals surface area (Å²) in [4.78, 5) is 2.07. The lowest BCUT2D eigenvalue weighted by Gasteiger charge is -2.29. The van der Waals surface area contributed by atoms with Crippen molar-refractivity contribution in [2.24, 2.45) is 10.9 Å². The van der Waals surface area contributed by atoms with Gasteiger partial charge >= 0.3 is 0 Å². The van der Waals surface area contributed by atoms with Crippen LogP contribution in [0.3, 0.4) is 0 Å². The zero-order chi connectivity index (χ0) is 13.1. The summed E-state index contributed by atoms with van der Waals surface area (Å²) in [6.45, 7) is 5.01. The fourth-order valence-electron chi connectivity index (χ4n) is 1.73. The van der Waals surface area contributed by atoms with Gasteiger partial charge in [-0.2, -0.15) is 0 Å². The number of hydrogen-bond donors (Lipinski definition) is 2. The maximum atomic E-state index is 11.5. The molecular formula is C11H19N3O2S. The number of hydrogen-bond acceptors (Lipinski definition) is 4. The van der Waals surface area contributed by atoms with E-state index in [1.807, 2.05) is 18.7 Å². The van der Waals surface area contributed by atoms with E-state index < -0.39 is 10.0 Å². The second-order valence-corrected chi connectivity index (χ2v) is 5.62. The molecule has 1 aromatic carbocycles. The molecule has 0 spiro atoms. The third kappa shape index (κ3) is 3.42. The Labute approximate surface area is 102 Å². The average molecular weight is 257 g/mol. The number of para-hydroxylation sites is 1. The number of anilines is 1. The van der Waals surface area contributed by atoms with Gasteiger partial charge in [-0.15, -0.1) is 0 Å². The van der Waals surface area contributed by atoms with Gasteiger partial charge in [-0.1, -0.05) is 12.1 Å². The van der Waals surface area contributed by atoms with Crippen molar-refractivity contribution in [3.05, 3.63) is 24.3 Å². The van der Waals surface area contributed by atoms with Gasteiger partial charge in [0.1, 0.15) is 4.90 Å². The molecule has 0 radical (unpaired) electrons. The molecule has 0 bridgehead atoms. The largest absolute Gasteiger partial charge is 0.367 e. The number of nitrogens with zero attached hydrogens (tertiary/aromatic N) is 1. The molecule has 1 rings (SSSR count). The van der Waals surface area contributed by atoms with E-state index in [0.29, 0.717) is 18.8 Å². The number of primary sulfonamides is 1. The van der Waals surface area contributed by atoms with Gasteiger partial charge in [0.2, 0.25) is 10.0 Å². The smallest absolute Gasteiger partial charge is 0.240 e. The molecule has 1 aromatic rings. The highest BCUT2D eigenvalue weighted by Crippen LogP contribution is 2.25. The van der Waals surface area contributed by atoms with E-state index in [2.05, 4.69) is 0 Å². The lowest BCUT2D eigenvalue weighted by atomic mass is 10.2. The molecule has 17 heavy (non-hydrogen) atoms. The van der Waals surface area contributed by atoms with Gasteiger partial charge in [0, 0.05) is 19.1 Å². The second kappa shape index (κ2) is 5.48. The van der Waals surface area contributed by atoms with Crippen LogP contribution >= 0.6 is 0 Å². The van der Waals surface area contributed by atoms with Crippen LogP contribution in [-0.2, 0) is 10.0 Å². The van der Waals surface area contributed by atoms with E-state index in [4.69, 9.17) is 10.9 Å². The molecular weight excluding hydrogens is 238 g/mol. The molecule has 6 heteroatoms. The molecule has 0 amide bonds. The number of nitrogens with two attached hydrogens (primary N) is 2. The minimum Gasteiger partial charge on any atom is -0.367 e. The monoisotopic (exact) mass is 257 g/mol. The minimum atomic E-state index is -3.71. The molecule has 0 heterocycles. The van der Waals surface area contributed by atoms with Crippen LogP contribution in [0.15, 0.2) is 29.2 Å². The van der Waals surface area contributed by atoms with Crippen LogP contribution in [0.4, 0.5) is 5.69 Å². The first-order chi connectivity index (χ1) is 7.88. The summed E-state index contributed by atoms with van der Waals surface area (Å²) >= 11 is 0. The normalized spacial score (nSPS) is 11.8. The van der Waals surface area contributed by atoms with Crippen LogP contribution in [0.5, 0.6) is 0 Å². The van der Waals surface area contributed by atoms with Crippen LogP contribution < -0.4 is 15.8 Å². The van der Waals surface area contributed by atoms with Crippen LogP contribution in [-0.4, -0.2) is 27.5 Å². The van der Waals surface area contributed by atoms with E-state index in [1.165, 1.54) is 6.07 Å². The Morgan fingerprint density at radius 2 is 1.88 bits per heavy atom. The van der Waals surface area contributed by atoms with Crippen molar-refractivity contribution in [2.45, 2.75) is 24.8 Å². The highest BCUT2D eigenvalue weighted by atomic mass is 32.2. The molecule has 5 nitrogen and oxygen atoms in total. The topological polar surface area (TPSA) is 89.4 Å². The van der Waals surface area contributed by atoms with E-state index in [9.17, 15) is 8.42 Å². The molecule has 0 aliphatic carbocycles. The maximum Gasteiger partial charge on any atom is 0.240 e. The minimum absolute atomic E-state index is 0.141. The Bertz CT molecular complexity index is 471. The molecule has 0 atom stereocenters. The first-order valence-corrected chi connectivity index (χ1v) is 7.01. The van der Waals surface area contributed by atoms with Crippen LogP contribution in [0, 0.1) is 0 Å². The first kappa shape index (κ1) is 14.0. The van der Waals surface area contributed by atoms with Gasteiger partial charge in [-0.3, -0.25) is 0 Å². The third-order valence-electron chi connectivity index (χ3n) is 2.47. The Kier molecular flexibility index (Phi) is 4.50. The Hall–Kier alpha value is -1.11. The molecule has 0 aliphatic heterocycles. The maximum absolute atomic E-state index is 11.5. The lowest BCUT2D eigenvalue weighted by molar-refractivity contribution is 0.596. The summed E-state index contributed by atoms with van der Waals surface area (Å²) in [5.74, 6) is 0. The molecule has 4 N–H and O–H groups in total. The summed E-state index contributed by atoms with van der Waals surface area (Å²) in [7, 11) is -3.71. The van der Waals surface area contributed by atoms with E-state index in [0.717, 1.165) is 0 Å². The predicted octanol–water partition coefficient (Wildman–Crippen LogP) is 0.508. The standard InChI is InChI=1S/C11H19N3O2S/c1-9(2)14(8-7-12)10-5-3-4-6-11(10)17(13,15)16/h3-6,9H,7-8,12H2,1-2H3,(H2,13,15,16). The fraction of sp³-hybridized carbons (Fsp3) is 0.455. The molecule has 96 valence electrons. The summed E-state index contributed by atoms with van der Waals surface area (Å²) in [6, 6.07) is 6.85. The van der Waals surface area contributed by atoms with Gasteiger partial charge in [-0.25, -0.2) is 13.6 Å². The van der Waals surface area contributed by atoms with E-state index >= 15 is 0 Å². The van der Waals surface area contributed by atoms with Gasteiger partial charge in [-0.05, 0) is 26.0 Å². The van der Waals surface area contributed by atoms with E-state index in [1.54, 1.807) is 18.2 Å². The van der Waals surface area contributed by atoms with Gasteiger partial charge in [0.05, 0.1) is 5.69 Å². The Balaban J connectivity index is 3.29. The average Bonchev–Trinajstić information content (AvgIpc) is 2.24. The molecule has 0 fully saturated rings. The van der Waals surface area contributed by atoms with Gasteiger partial charge in [0.25, 0.3) is 0 Å². The number of rotatable bonds is 5. The quantitative estimate of drug-likeness (QED) is 0.804. The van der Waals surface area contributed by atoms with Crippen molar-refractivity contribution in [1.82, 2.24) is 0 Å². The first-order valence-electron chi connectivity index (χ1n) is 5.46. The van der Waals surface area contributed by atoms with Crippen LogP contribution in [0.2, 0.25) is 0 Å². The third-order valence-corrected chi connectivity index (χ3v) is 3.43. The summed E-state index contributed by atoms with van der Waals surface area (Å²) < 4.78 is 23.0. The Morgan fingerprint density at radius 1 is 1.29 bits per heavy atom. The van der Waals surface area contributed by atoms with Gasteiger partial charge in [0.15, 0.2) is 0 Å². The molecule has 0 saturated heterocycles. The number of sulfonamides is 1. The van der Waals surface area contributed by atoms with Crippen molar-refractivity contribution in [3.8, 4) is 0 Å². The highest BCUT2D eigenvalue weighted by Gasteiger charge is 2.19. The lowest BCUT2D eigenvalue weighted by Crippen LogP contribution is -2.36. The summed E-state index contributed by atoms with van der Waals surface area (Å²) in [5.41, 5.74) is 6.15. The van der Waals surface area contributed by atoms with Gasteiger partial charge < -0.3 is 10.6 Å². The molecule has 0 saturated carbocycles. The van der Waals surface area contributed by atoms with Crippen LogP contribution in [0.1, 0.15) is 13.8 Å². The van der Waals surface area contributed by atoms with Crippen molar-refractivity contribution >= 4 is 15.7 Å². The Morgan fingerprint density at radius 3 is 2.35 bits per heavy atom. The second-order valence-electron chi connectivity index (χ2n) is 4.09. The summed E-state index contributed by atoms with van der Waals surface area (Å²) in [6.07, 6.45) is 0. The molecule has 0 aliphatic rings.